The molecule has 0 N–H and O–H groups in total. The fourth-order valence-electron chi connectivity index (χ4n) is 5.45. The standard InChI is InChI=1S/C23H32N2O2/c1-17-9-8-14-20(15-17)25-22(26)16-21(23(25)27)24(18-10-4-2-5-11-18)19-12-6-3-7-13-19/h8-9,14-15,18-19,21H,2-7,10-13,16H2,1H3. The van der Waals surface area contributed by atoms with Gasteiger partial charge in [-0.05, 0) is 50.3 Å². The number of aryl methyl sites for hydroxylation is 1. The minimum Gasteiger partial charge on any atom is -0.286 e. The molecule has 2 aliphatic carbocycles. The van der Waals surface area contributed by atoms with Crippen LogP contribution in [0.15, 0.2) is 24.3 Å². The van der Waals surface area contributed by atoms with Crippen molar-refractivity contribution in [3.8, 4) is 0 Å². The normalized spacial score (nSPS) is 25.6. The highest BCUT2D eigenvalue weighted by molar-refractivity contribution is 6.22. The van der Waals surface area contributed by atoms with E-state index in [1.165, 1.54) is 69.1 Å². The van der Waals surface area contributed by atoms with Gasteiger partial charge in [-0.3, -0.25) is 14.5 Å². The lowest BCUT2D eigenvalue weighted by Crippen LogP contribution is -2.53. The van der Waals surface area contributed by atoms with Gasteiger partial charge in [-0.25, -0.2) is 4.90 Å². The maximum Gasteiger partial charge on any atom is 0.251 e. The molecule has 0 spiro atoms. The van der Waals surface area contributed by atoms with E-state index >= 15 is 0 Å². The lowest BCUT2D eigenvalue weighted by atomic mass is 9.87. The number of rotatable bonds is 4. The Morgan fingerprint density at radius 2 is 1.48 bits per heavy atom. The smallest absolute Gasteiger partial charge is 0.251 e. The SMILES string of the molecule is Cc1cccc(N2C(=O)CC(N(C3CCCCC3)C3CCCCC3)C2=O)c1. The first-order valence-corrected chi connectivity index (χ1v) is 10.9. The van der Waals surface area contributed by atoms with Crippen LogP contribution in [-0.4, -0.2) is 34.8 Å². The van der Waals surface area contributed by atoms with Crippen LogP contribution in [0.3, 0.4) is 0 Å². The molecule has 4 heteroatoms. The topological polar surface area (TPSA) is 40.6 Å². The Labute approximate surface area is 162 Å². The highest BCUT2D eigenvalue weighted by Gasteiger charge is 2.46. The van der Waals surface area contributed by atoms with Gasteiger partial charge in [0.1, 0.15) is 0 Å². The van der Waals surface area contributed by atoms with E-state index in [1.807, 2.05) is 31.2 Å². The van der Waals surface area contributed by atoms with Gasteiger partial charge in [-0.15, -0.1) is 0 Å². The van der Waals surface area contributed by atoms with Crippen LogP contribution in [0.25, 0.3) is 0 Å². The Hall–Kier alpha value is -1.68. The zero-order chi connectivity index (χ0) is 18.8. The van der Waals surface area contributed by atoms with Crippen molar-refractivity contribution >= 4 is 17.5 Å². The van der Waals surface area contributed by atoms with Gasteiger partial charge in [0.2, 0.25) is 5.91 Å². The van der Waals surface area contributed by atoms with Gasteiger partial charge < -0.3 is 0 Å². The third-order valence-corrected chi connectivity index (χ3v) is 6.74. The van der Waals surface area contributed by atoms with Gasteiger partial charge in [0.15, 0.2) is 0 Å². The molecular weight excluding hydrogens is 336 g/mol. The van der Waals surface area contributed by atoms with Crippen LogP contribution >= 0.6 is 0 Å². The summed E-state index contributed by atoms with van der Waals surface area (Å²) in [6, 6.07) is 8.45. The van der Waals surface area contributed by atoms with E-state index in [9.17, 15) is 9.59 Å². The van der Waals surface area contributed by atoms with Crippen molar-refractivity contribution < 1.29 is 9.59 Å². The molecule has 3 aliphatic rings. The molecule has 0 bridgehead atoms. The third-order valence-electron chi connectivity index (χ3n) is 6.74. The molecule has 1 atom stereocenters. The Morgan fingerprint density at radius 3 is 2.04 bits per heavy atom. The number of hydrogen-bond acceptors (Lipinski definition) is 3. The van der Waals surface area contributed by atoms with E-state index < -0.39 is 0 Å². The molecule has 1 unspecified atom stereocenters. The average Bonchev–Trinajstić information content (AvgIpc) is 2.98. The number of benzene rings is 1. The predicted molar refractivity (Wildman–Crippen MR) is 108 cm³/mol. The number of amides is 2. The van der Waals surface area contributed by atoms with Crippen molar-refractivity contribution in [1.29, 1.82) is 0 Å². The molecule has 1 aliphatic heterocycles. The predicted octanol–water partition coefficient (Wildman–Crippen LogP) is 4.59. The van der Waals surface area contributed by atoms with Crippen molar-refractivity contribution in [3.63, 3.8) is 0 Å². The van der Waals surface area contributed by atoms with Crippen molar-refractivity contribution in [3.05, 3.63) is 29.8 Å². The van der Waals surface area contributed by atoms with Crippen LogP contribution in [0.5, 0.6) is 0 Å². The van der Waals surface area contributed by atoms with Gasteiger partial charge in [0, 0.05) is 12.1 Å². The summed E-state index contributed by atoms with van der Waals surface area (Å²) in [6.07, 6.45) is 12.7. The lowest BCUT2D eigenvalue weighted by Gasteiger charge is -2.44. The summed E-state index contributed by atoms with van der Waals surface area (Å²) in [5, 5.41) is 0. The molecule has 4 rings (SSSR count). The van der Waals surface area contributed by atoms with Gasteiger partial charge >= 0.3 is 0 Å². The fourth-order valence-corrected chi connectivity index (χ4v) is 5.45. The van der Waals surface area contributed by atoms with Crippen LogP contribution in [0.4, 0.5) is 5.69 Å². The van der Waals surface area contributed by atoms with Gasteiger partial charge in [0.05, 0.1) is 18.2 Å². The van der Waals surface area contributed by atoms with E-state index in [4.69, 9.17) is 0 Å². The molecule has 1 saturated heterocycles. The second-order valence-electron chi connectivity index (χ2n) is 8.66. The largest absolute Gasteiger partial charge is 0.286 e. The van der Waals surface area contributed by atoms with Crippen LogP contribution in [-0.2, 0) is 9.59 Å². The highest BCUT2D eigenvalue weighted by atomic mass is 16.2. The summed E-state index contributed by atoms with van der Waals surface area (Å²) in [6.45, 7) is 2.00. The van der Waals surface area contributed by atoms with Crippen molar-refractivity contribution in [2.45, 2.75) is 95.7 Å². The van der Waals surface area contributed by atoms with E-state index in [2.05, 4.69) is 4.90 Å². The van der Waals surface area contributed by atoms with Gasteiger partial charge in [-0.2, -0.15) is 0 Å². The number of anilines is 1. The maximum atomic E-state index is 13.4. The second-order valence-corrected chi connectivity index (χ2v) is 8.66. The first-order chi connectivity index (χ1) is 13.1. The first kappa shape index (κ1) is 18.7. The minimum atomic E-state index is -0.260. The van der Waals surface area contributed by atoms with E-state index in [0.29, 0.717) is 18.5 Å². The Bertz CT molecular complexity index is 671. The fraction of sp³-hybridized carbons (Fsp3) is 0.652. The molecule has 1 heterocycles. The molecule has 146 valence electrons. The summed E-state index contributed by atoms with van der Waals surface area (Å²) >= 11 is 0. The number of nitrogens with zero attached hydrogens (tertiary/aromatic N) is 2. The molecule has 0 radical (unpaired) electrons. The molecular formula is C23H32N2O2. The Morgan fingerprint density at radius 1 is 0.889 bits per heavy atom. The van der Waals surface area contributed by atoms with Crippen LogP contribution in [0.2, 0.25) is 0 Å². The molecule has 27 heavy (non-hydrogen) atoms. The van der Waals surface area contributed by atoms with E-state index in [-0.39, 0.29) is 17.9 Å². The molecule has 2 amide bonds. The van der Waals surface area contributed by atoms with Crippen molar-refractivity contribution in [2.24, 2.45) is 0 Å². The number of imide groups is 1. The Kier molecular flexibility index (Phi) is 5.63. The van der Waals surface area contributed by atoms with Gasteiger partial charge in [0.25, 0.3) is 5.91 Å². The number of carbonyl (C=O) groups is 2. The lowest BCUT2D eigenvalue weighted by molar-refractivity contribution is -0.124. The summed E-state index contributed by atoms with van der Waals surface area (Å²) < 4.78 is 0. The third kappa shape index (κ3) is 3.82. The molecule has 1 aromatic carbocycles. The first-order valence-electron chi connectivity index (χ1n) is 10.9. The minimum absolute atomic E-state index is 0.00162. The van der Waals surface area contributed by atoms with Gasteiger partial charge in [-0.1, -0.05) is 50.7 Å². The summed E-state index contributed by atoms with van der Waals surface area (Å²) in [5.41, 5.74) is 1.81. The van der Waals surface area contributed by atoms with E-state index in [1.54, 1.807) is 0 Å². The van der Waals surface area contributed by atoms with Crippen molar-refractivity contribution in [1.82, 2.24) is 4.90 Å². The second kappa shape index (κ2) is 8.14. The number of hydrogen-bond donors (Lipinski definition) is 0. The summed E-state index contributed by atoms with van der Waals surface area (Å²) in [5.74, 6) is -0.0334. The van der Waals surface area contributed by atoms with Crippen molar-refractivity contribution in [2.75, 3.05) is 4.90 Å². The summed E-state index contributed by atoms with van der Waals surface area (Å²) in [7, 11) is 0. The average molecular weight is 369 g/mol. The Balaban J connectivity index is 1.61. The van der Waals surface area contributed by atoms with Crippen LogP contribution in [0, 0.1) is 6.92 Å². The monoisotopic (exact) mass is 368 g/mol. The zero-order valence-electron chi connectivity index (χ0n) is 16.5. The molecule has 1 aromatic rings. The van der Waals surface area contributed by atoms with Crippen LogP contribution < -0.4 is 4.90 Å². The molecule has 0 aromatic heterocycles. The molecule has 3 fully saturated rings. The molecule has 4 nitrogen and oxygen atoms in total. The molecule has 2 saturated carbocycles. The zero-order valence-corrected chi connectivity index (χ0v) is 16.5. The quantitative estimate of drug-likeness (QED) is 0.730. The maximum absolute atomic E-state index is 13.4. The summed E-state index contributed by atoms with van der Waals surface area (Å²) in [4.78, 5) is 30.2. The van der Waals surface area contributed by atoms with E-state index in [0.717, 1.165) is 11.3 Å². The number of carbonyl (C=O) groups excluding carboxylic acids is 2. The van der Waals surface area contributed by atoms with Crippen LogP contribution in [0.1, 0.15) is 76.2 Å². The highest BCUT2D eigenvalue weighted by Crippen LogP contribution is 2.36.